The topological polar surface area (TPSA) is 67.4 Å². The Kier molecular flexibility index (Phi) is 8.13. The summed E-state index contributed by atoms with van der Waals surface area (Å²) in [6.07, 6.45) is 11.6. The molecular formula is C23H36N2O3S. The summed E-state index contributed by atoms with van der Waals surface area (Å²) in [4.78, 5) is 26.8. The van der Waals surface area contributed by atoms with Crippen molar-refractivity contribution < 1.29 is 14.3 Å². The molecule has 1 amide bonds. The van der Waals surface area contributed by atoms with E-state index in [2.05, 4.69) is 17.6 Å². The van der Waals surface area contributed by atoms with Crippen LogP contribution in [0.3, 0.4) is 0 Å². The highest BCUT2D eigenvalue weighted by molar-refractivity contribution is 7.17. The Bertz CT molecular complexity index is 707. The van der Waals surface area contributed by atoms with Crippen LogP contribution in [0.1, 0.15) is 92.9 Å². The number of rotatable bonds is 6. The van der Waals surface area contributed by atoms with E-state index >= 15 is 0 Å². The zero-order chi connectivity index (χ0) is 20.8. The van der Waals surface area contributed by atoms with Gasteiger partial charge in [0.15, 0.2) is 0 Å². The minimum Gasteiger partial charge on any atom is -0.462 e. The lowest BCUT2D eigenvalue weighted by Gasteiger charge is -2.24. The van der Waals surface area contributed by atoms with Crippen molar-refractivity contribution >= 4 is 28.2 Å². The van der Waals surface area contributed by atoms with E-state index in [1.807, 2.05) is 13.8 Å². The highest BCUT2D eigenvalue weighted by Crippen LogP contribution is 2.40. The third kappa shape index (κ3) is 5.82. The number of ether oxygens (including phenoxy) is 1. The first kappa shape index (κ1) is 22.3. The number of nitrogens with one attached hydrogen (secondary N) is 2. The van der Waals surface area contributed by atoms with Gasteiger partial charge in [0, 0.05) is 10.9 Å². The molecule has 2 aliphatic rings. The van der Waals surface area contributed by atoms with Gasteiger partial charge in [0.2, 0.25) is 5.91 Å². The SMILES string of the molecule is CCOC(=O)c1c(NC(=O)[C@H](C)NC2CCCCCCC2)sc2c1CC[C@H](C)C2. The molecule has 1 fully saturated rings. The van der Waals surface area contributed by atoms with E-state index in [4.69, 9.17) is 4.74 Å². The van der Waals surface area contributed by atoms with Crippen molar-refractivity contribution in [3.8, 4) is 0 Å². The molecule has 0 radical (unpaired) electrons. The molecule has 29 heavy (non-hydrogen) atoms. The highest BCUT2D eigenvalue weighted by atomic mass is 32.1. The van der Waals surface area contributed by atoms with Crippen molar-refractivity contribution in [2.24, 2.45) is 5.92 Å². The van der Waals surface area contributed by atoms with Crippen LogP contribution in [0.2, 0.25) is 0 Å². The maximum absolute atomic E-state index is 12.9. The van der Waals surface area contributed by atoms with Gasteiger partial charge in [-0.25, -0.2) is 4.79 Å². The summed E-state index contributed by atoms with van der Waals surface area (Å²) < 4.78 is 5.31. The maximum atomic E-state index is 12.9. The molecule has 1 saturated carbocycles. The Morgan fingerprint density at radius 3 is 2.52 bits per heavy atom. The number of amides is 1. The number of thiophene rings is 1. The zero-order valence-electron chi connectivity index (χ0n) is 18.1. The first-order valence-electron chi connectivity index (χ1n) is 11.4. The zero-order valence-corrected chi connectivity index (χ0v) is 19.0. The van der Waals surface area contributed by atoms with Crippen molar-refractivity contribution in [1.82, 2.24) is 5.32 Å². The molecule has 1 aromatic rings. The lowest BCUT2D eigenvalue weighted by Crippen LogP contribution is -2.44. The van der Waals surface area contributed by atoms with Crippen LogP contribution in [0.5, 0.6) is 0 Å². The molecule has 0 unspecified atom stereocenters. The van der Waals surface area contributed by atoms with Crippen molar-refractivity contribution in [2.75, 3.05) is 11.9 Å². The van der Waals surface area contributed by atoms with Gasteiger partial charge in [0.25, 0.3) is 0 Å². The second-order valence-electron chi connectivity index (χ2n) is 8.70. The number of esters is 1. The Morgan fingerprint density at radius 2 is 1.83 bits per heavy atom. The molecule has 162 valence electrons. The first-order chi connectivity index (χ1) is 14.0. The van der Waals surface area contributed by atoms with Gasteiger partial charge in [-0.2, -0.15) is 0 Å². The van der Waals surface area contributed by atoms with Crippen molar-refractivity contribution in [3.05, 3.63) is 16.0 Å². The van der Waals surface area contributed by atoms with E-state index in [1.54, 1.807) is 11.3 Å². The minimum absolute atomic E-state index is 0.0655. The third-order valence-electron chi connectivity index (χ3n) is 6.21. The fourth-order valence-corrected chi connectivity index (χ4v) is 5.93. The Balaban J connectivity index is 1.70. The number of fused-ring (bicyclic) bond motifs is 1. The van der Waals surface area contributed by atoms with E-state index in [0.717, 1.165) is 37.7 Å². The smallest absolute Gasteiger partial charge is 0.341 e. The lowest BCUT2D eigenvalue weighted by atomic mass is 9.88. The summed E-state index contributed by atoms with van der Waals surface area (Å²) in [5, 5.41) is 7.25. The molecule has 0 aromatic carbocycles. The summed E-state index contributed by atoms with van der Waals surface area (Å²) >= 11 is 1.56. The van der Waals surface area contributed by atoms with Crippen molar-refractivity contribution in [2.45, 2.75) is 97.1 Å². The maximum Gasteiger partial charge on any atom is 0.341 e. The predicted molar refractivity (Wildman–Crippen MR) is 119 cm³/mol. The van der Waals surface area contributed by atoms with E-state index in [9.17, 15) is 9.59 Å². The van der Waals surface area contributed by atoms with Gasteiger partial charge in [-0.05, 0) is 57.4 Å². The van der Waals surface area contributed by atoms with Crippen molar-refractivity contribution in [3.63, 3.8) is 0 Å². The van der Waals surface area contributed by atoms with Gasteiger partial charge in [-0.15, -0.1) is 11.3 Å². The predicted octanol–water partition coefficient (Wildman–Crippen LogP) is 5.08. The third-order valence-corrected chi connectivity index (χ3v) is 7.38. The van der Waals surface area contributed by atoms with Gasteiger partial charge in [-0.3, -0.25) is 4.79 Å². The van der Waals surface area contributed by atoms with E-state index in [0.29, 0.717) is 29.1 Å². The van der Waals surface area contributed by atoms with Crippen LogP contribution >= 0.6 is 11.3 Å². The van der Waals surface area contributed by atoms with E-state index < -0.39 is 0 Å². The normalized spacial score (nSPS) is 21.6. The molecule has 2 atom stereocenters. The Labute approximate surface area is 179 Å². The molecule has 6 heteroatoms. The van der Waals surface area contributed by atoms with Gasteiger partial charge < -0.3 is 15.4 Å². The molecule has 5 nitrogen and oxygen atoms in total. The highest BCUT2D eigenvalue weighted by Gasteiger charge is 2.30. The van der Waals surface area contributed by atoms with Crippen LogP contribution in [0, 0.1) is 5.92 Å². The average Bonchev–Trinajstić information content (AvgIpc) is 3.00. The van der Waals surface area contributed by atoms with Crippen molar-refractivity contribution in [1.29, 1.82) is 0 Å². The van der Waals surface area contributed by atoms with Crippen LogP contribution in [-0.4, -0.2) is 30.6 Å². The molecule has 2 aliphatic carbocycles. The average molecular weight is 421 g/mol. The Morgan fingerprint density at radius 1 is 1.14 bits per heavy atom. The molecular weight excluding hydrogens is 384 g/mol. The standard InChI is InChI=1S/C23H36N2O3S/c1-4-28-23(27)20-18-13-12-15(2)14-19(18)29-22(20)25-21(26)16(3)24-17-10-8-6-5-7-9-11-17/h15-17,24H,4-14H2,1-3H3,(H,25,26)/t15-,16-/m0/s1. The monoisotopic (exact) mass is 420 g/mol. The Hall–Kier alpha value is -1.40. The number of hydrogen-bond acceptors (Lipinski definition) is 5. The van der Waals surface area contributed by atoms with Crippen LogP contribution < -0.4 is 10.6 Å². The summed E-state index contributed by atoms with van der Waals surface area (Å²) in [5.41, 5.74) is 1.67. The van der Waals surface area contributed by atoms with E-state index in [1.165, 1.54) is 37.0 Å². The first-order valence-corrected chi connectivity index (χ1v) is 12.2. The second kappa shape index (κ2) is 10.6. The van der Waals surface area contributed by atoms with Crippen LogP contribution in [0.4, 0.5) is 5.00 Å². The molecule has 1 heterocycles. The number of carbonyl (C=O) groups excluding carboxylic acids is 2. The quantitative estimate of drug-likeness (QED) is 0.630. The lowest BCUT2D eigenvalue weighted by molar-refractivity contribution is -0.118. The van der Waals surface area contributed by atoms with Crippen LogP contribution in [-0.2, 0) is 22.4 Å². The molecule has 0 bridgehead atoms. The van der Waals surface area contributed by atoms with Gasteiger partial charge in [0.1, 0.15) is 5.00 Å². The fourth-order valence-electron chi connectivity index (χ4n) is 4.53. The van der Waals surface area contributed by atoms with E-state index in [-0.39, 0.29) is 17.9 Å². The number of carbonyl (C=O) groups is 2. The van der Waals surface area contributed by atoms with Gasteiger partial charge in [-0.1, -0.05) is 39.0 Å². The molecule has 1 aromatic heterocycles. The number of hydrogen-bond donors (Lipinski definition) is 2. The molecule has 0 aliphatic heterocycles. The fraction of sp³-hybridized carbons (Fsp3) is 0.739. The summed E-state index contributed by atoms with van der Waals surface area (Å²) in [5.74, 6) is 0.236. The van der Waals surface area contributed by atoms with Gasteiger partial charge in [0.05, 0.1) is 18.2 Å². The van der Waals surface area contributed by atoms with Crippen LogP contribution in [0.25, 0.3) is 0 Å². The second-order valence-corrected chi connectivity index (χ2v) is 9.80. The molecule has 0 saturated heterocycles. The number of anilines is 1. The summed E-state index contributed by atoms with van der Waals surface area (Å²) in [6.45, 7) is 6.32. The molecule has 3 rings (SSSR count). The molecule has 2 N–H and O–H groups in total. The van der Waals surface area contributed by atoms with Crippen LogP contribution in [0.15, 0.2) is 0 Å². The molecule has 0 spiro atoms. The summed E-state index contributed by atoms with van der Waals surface area (Å²) in [7, 11) is 0. The summed E-state index contributed by atoms with van der Waals surface area (Å²) in [6, 6.07) is 0.116. The minimum atomic E-state index is -0.310. The van der Waals surface area contributed by atoms with Gasteiger partial charge >= 0.3 is 5.97 Å². The largest absolute Gasteiger partial charge is 0.462 e.